The number of thiol groups is 1. The molecule has 0 aromatic carbocycles. The van der Waals surface area contributed by atoms with Gasteiger partial charge in [0.15, 0.2) is 0 Å². The molecule has 2 rings (SSSR count). The van der Waals surface area contributed by atoms with Gasteiger partial charge in [-0.15, -0.1) is 0 Å². The van der Waals surface area contributed by atoms with Crippen molar-refractivity contribution < 1.29 is 14.7 Å². The van der Waals surface area contributed by atoms with Crippen LogP contribution in [0, 0.1) is 5.92 Å². The van der Waals surface area contributed by atoms with E-state index in [-0.39, 0.29) is 23.6 Å². The topological polar surface area (TPSA) is 57.6 Å². The summed E-state index contributed by atoms with van der Waals surface area (Å²) in [6, 6.07) is -0.0906. The smallest absolute Gasteiger partial charge is 0.305 e. The van der Waals surface area contributed by atoms with Gasteiger partial charge in [-0.2, -0.15) is 12.6 Å². The lowest BCUT2D eigenvalue weighted by atomic mass is 10.1. The Hall–Kier alpha value is -0.710. The number of carboxylic acid groups (broad SMARTS) is 1. The number of hydrogen-bond donors (Lipinski definition) is 2. The lowest BCUT2D eigenvalue weighted by Crippen LogP contribution is -2.39. The standard InChI is InChI=1S/C10H15NO3S/c12-9-3-7(15)5-11(9)8(4-10(13)14)6-1-2-6/h6-8,15H,1-5H2,(H,13,14). The fraction of sp³-hybridized carbons (Fsp3) is 0.800. The Morgan fingerprint density at radius 1 is 1.60 bits per heavy atom. The molecule has 1 amide bonds. The molecule has 0 radical (unpaired) electrons. The Morgan fingerprint density at radius 2 is 2.27 bits per heavy atom. The van der Waals surface area contributed by atoms with Crippen molar-refractivity contribution in [1.29, 1.82) is 0 Å². The molecule has 15 heavy (non-hydrogen) atoms. The Kier molecular flexibility index (Phi) is 2.91. The predicted octanol–water partition coefficient (Wildman–Crippen LogP) is 0.770. The number of carbonyl (C=O) groups is 2. The summed E-state index contributed by atoms with van der Waals surface area (Å²) in [5.41, 5.74) is 0. The normalized spacial score (nSPS) is 28.2. The molecule has 5 heteroatoms. The van der Waals surface area contributed by atoms with E-state index in [0.29, 0.717) is 18.9 Å². The molecule has 2 fully saturated rings. The minimum absolute atomic E-state index is 0.0631. The summed E-state index contributed by atoms with van der Waals surface area (Å²) in [6.07, 6.45) is 2.64. The molecule has 2 atom stereocenters. The summed E-state index contributed by atoms with van der Waals surface area (Å²) in [5.74, 6) is -0.348. The fourth-order valence-corrected chi connectivity index (χ4v) is 2.56. The maximum absolute atomic E-state index is 11.6. The SMILES string of the molecule is O=C(O)CC(C1CC1)N1CC(S)CC1=O. The number of carbonyl (C=O) groups excluding carboxylic acids is 1. The van der Waals surface area contributed by atoms with Crippen molar-refractivity contribution in [3.8, 4) is 0 Å². The van der Waals surface area contributed by atoms with Gasteiger partial charge >= 0.3 is 5.97 Å². The molecular formula is C10H15NO3S. The number of aliphatic carboxylic acids is 1. The second kappa shape index (κ2) is 4.04. The minimum atomic E-state index is -0.817. The zero-order valence-corrected chi connectivity index (χ0v) is 9.32. The van der Waals surface area contributed by atoms with Gasteiger partial charge in [0.25, 0.3) is 0 Å². The van der Waals surface area contributed by atoms with Crippen molar-refractivity contribution in [3.63, 3.8) is 0 Å². The quantitative estimate of drug-likeness (QED) is 0.700. The highest BCUT2D eigenvalue weighted by Crippen LogP contribution is 2.38. The summed E-state index contributed by atoms with van der Waals surface area (Å²) < 4.78 is 0. The molecule has 1 heterocycles. The maximum atomic E-state index is 11.6. The summed E-state index contributed by atoms with van der Waals surface area (Å²) in [4.78, 5) is 24.1. The van der Waals surface area contributed by atoms with E-state index in [0.717, 1.165) is 12.8 Å². The molecule has 2 unspecified atom stereocenters. The average molecular weight is 229 g/mol. The van der Waals surface area contributed by atoms with Gasteiger partial charge in [0.2, 0.25) is 5.91 Å². The van der Waals surface area contributed by atoms with Crippen LogP contribution in [0.3, 0.4) is 0 Å². The number of nitrogens with zero attached hydrogens (tertiary/aromatic N) is 1. The van der Waals surface area contributed by atoms with Crippen molar-refractivity contribution in [3.05, 3.63) is 0 Å². The molecule has 1 aliphatic heterocycles. The van der Waals surface area contributed by atoms with Crippen LogP contribution in [0.1, 0.15) is 25.7 Å². The van der Waals surface area contributed by atoms with Gasteiger partial charge in [-0.1, -0.05) is 0 Å². The highest BCUT2D eigenvalue weighted by atomic mass is 32.1. The first-order valence-corrected chi connectivity index (χ1v) is 5.79. The molecule has 4 nitrogen and oxygen atoms in total. The number of carboxylic acids is 1. The average Bonchev–Trinajstić information content (AvgIpc) is 2.89. The van der Waals surface area contributed by atoms with Crippen LogP contribution in [0.25, 0.3) is 0 Å². The van der Waals surface area contributed by atoms with E-state index in [4.69, 9.17) is 5.11 Å². The van der Waals surface area contributed by atoms with E-state index in [1.54, 1.807) is 4.90 Å². The second-order valence-corrected chi connectivity index (χ2v) is 5.14. The summed E-state index contributed by atoms with van der Waals surface area (Å²) in [5, 5.41) is 8.89. The molecule has 0 aromatic heterocycles. The van der Waals surface area contributed by atoms with Crippen molar-refractivity contribution >= 4 is 24.5 Å². The zero-order chi connectivity index (χ0) is 11.0. The molecule has 1 saturated heterocycles. The number of likely N-dealkylation sites (tertiary alicyclic amines) is 1. The van der Waals surface area contributed by atoms with Crippen molar-refractivity contribution in [2.24, 2.45) is 5.92 Å². The number of rotatable bonds is 4. The van der Waals surface area contributed by atoms with Gasteiger partial charge in [0, 0.05) is 24.3 Å². The molecule has 0 spiro atoms. The molecule has 2 aliphatic rings. The van der Waals surface area contributed by atoms with E-state index in [9.17, 15) is 9.59 Å². The predicted molar refractivity (Wildman–Crippen MR) is 57.9 cm³/mol. The lowest BCUT2D eigenvalue weighted by molar-refractivity contribution is -0.140. The molecule has 0 aromatic rings. The highest BCUT2D eigenvalue weighted by molar-refractivity contribution is 7.81. The van der Waals surface area contributed by atoms with Crippen LogP contribution in [-0.4, -0.2) is 39.7 Å². The molecule has 1 saturated carbocycles. The van der Waals surface area contributed by atoms with Crippen LogP contribution in [-0.2, 0) is 9.59 Å². The molecule has 0 bridgehead atoms. The summed E-state index contributed by atoms with van der Waals surface area (Å²) >= 11 is 4.28. The van der Waals surface area contributed by atoms with Gasteiger partial charge in [0.05, 0.1) is 6.42 Å². The third-order valence-electron chi connectivity index (χ3n) is 3.09. The summed E-state index contributed by atoms with van der Waals surface area (Å²) in [6.45, 7) is 0.608. The van der Waals surface area contributed by atoms with Crippen LogP contribution < -0.4 is 0 Å². The van der Waals surface area contributed by atoms with Gasteiger partial charge in [-0.05, 0) is 18.8 Å². The van der Waals surface area contributed by atoms with E-state index in [2.05, 4.69) is 12.6 Å². The Bertz CT molecular complexity index is 290. The third-order valence-corrected chi connectivity index (χ3v) is 3.43. The number of hydrogen-bond acceptors (Lipinski definition) is 3. The largest absolute Gasteiger partial charge is 0.481 e. The number of amides is 1. The molecule has 84 valence electrons. The molecule has 1 aliphatic carbocycles. The lowest BCUT2D eigenvalue weighted by Gasteiger charge is -2.26. The second-order valence-electron chi connectivity index (χ2n) is 4.41. The highest BCUT2D eigenvalue weighted by Gasteiger charge is 2.41. The van der Waals surface area contributed by atoms with Crippen molar-refractivity contribution in [2.45, 2.75) is 37.0 Å². The Balaban J connectivity index is 2.03. The van der Waals surface area contributed by atoms with Crippen LogP contribution in [0.15, 0.2) is 0 Å². The fourth-order valence-electron chi connectivity index (χ4n) is 2.22. The van der Waals surface area contributed by atoms with E-state index >= 15 is 0 Å². The van der Waals surface area contributed by atoms with Gasteiger partial charge < -0.3 is 10.0 Å². The third kappa shape index (κ3) is 2.45. The zero-order valence-electron chi connectivity index (χ0n) is 8.43. The first-order chi connectivity index (χ1) is 7.08. The van der Waals surface area contributed by atoms with Crippen molar-refractivity contribution in [1.82, 2.24) is 4.90 Å². The van der Waals surface area contributed by atoms with Crippen molar-refractivity contribution in [2.75, 3.05) is 6.54 Å². The molecular weight excluding hydrogens is 214 g/mol. The Labute approximate surface area is 94.0 Å². The molecule has 1 N–H and O–H groups in total. The van der Waals surface area contributed by atoms with Crippen LogP contribution >= 0.6 is 12.6 Å². The van der Waals surface area contributed by atoms with Crippen LogP contribution in [0.2, 0.25) is 0 Å². The van der Waals surface area contributed by atoms with Gasteiger partial charge in [-0.3, -0.25) is 9.59 Å². The first-order valence-electron chi connectivity index (χ1n) is 5.27. The van der Waals surface area contributed by atoms with E-state index in [1.165, 1.54) is 0 Å². The van der Waals surface area contributed by atoms with Gasteiger partial charge in [0.1, 0.15) is 0 Å². The first kappa shape index (κ1) is 10.8. The monoisotopic (exact) mass is 229 g/mol. The minimum Gasteiger partial charge on any atom is -0.481 e. The summed E-state index contributed by atoms with van der Waals surface area (Å²) in [7, 11) is 0. The Morgan fingerprint density at radius 3 is 2.67 bits per heavy atom. The van der Waals surface area contributed by atoms with Crippen LogP contribution in [0.4, 0.5) is 0 Å². The van der Waals surface area contributed by atoms with E-state index in [1.807, 2.05) is 0 Å². The van der Waals surface area contributed by atoms with Gasteiger partial charge in [-0.25, -0.2) is 0 Å². The van der Waals surface area contributed by atoms with Crippen LogP contribution in [0.5, 0.6) is 0 Å². The maximum Gasteiger partial charge on any atom is 0.305 e. The van der Waals surface area contributed by atoms with E-state index < -0.39 is 5.97 Å².